The molecule has 3 rings (SSSR count). The van der Waals surface area contributed by atoms with E-state index in [-0.39, 0.29) is 5.41 Å². The lowest BCUT2D eigenvalue weighted by Crippen LogP contribution is -2.44. The van der Waals surface area contributed by atoms with Crippen molar-refractivity contribution in [3.05, 3.63) is 59.8 Å². The number of piperazine rings is 1. The van der Waals surface area contributed by atoms with E-state index < -0.39 is 0 Å². The van der Waals surface area contributed by atoms with Gasteiger partial charge in [0.15, 0.2) is 0 Å². The van der Waals surface area contributed by atoms with Gasteiger partial charge in [-0.2, -0.15) is 5.10 Å². The summed E-state index contributed by atoms with van der Waals surface area (Å²) in [6.45, 7) is 10.5. The molecular weight excluding hydrogens is 296 g/mol. The van der Waals surface area contributed by atoms with Crippen LogP contribution in [0.25, 0.3) is 0 Å². The highest BCUT2D eigenvalue weighted by Gasteiger charge is 2.16. The number of hydrazone groups is 1. The third-order valence-electron chi connectivity index (χ3n) is 4.38. The number of hydrogen-bond donors (Lipinski definition) is 0. The first-order valence-electron chi connectivity index (χ1n) is 8.58. The molecular formula is C20H26N4. The van der Waals surface area contributed by atoms with Gasteiger partial charge in [0.05, 0.1) is 19.3 Å². The Morgan fingerprint density at radius 3 is 2.25 bits per heavy atom. The van der Waals surface area contributed by atoms with Crippen LogP contribution in [0.2, 0.25) is 0 Å². The van der Waals surface area contributed by atoms with E-state index in [0.717, 1.165) is 37.6 Å². The summed E-state index contributed by atoms with van der Waals surface area (Å²) in [4.78, 5) is 6.73. The normalized spacial score (nSPS) is 16.0. The number of hydrogen-bond acceptors (Lipinski definition) is 4. The second-order valence-electron chi connectivity index (χ2n) is 7.25. The summed E-state index contributed by atoms with van der Waals surface area (Å²) in [6.07, 6.45) is 3.81. The summed E-state index contributed by atoms with van der Waals surface area (Å²) in [6, 6.07) is 14.7. The third kappa shape index (κ3) is 4.13. The second kappa shape index (κ2) is 7.04. The van der Waals surface area contributed by atoms with Gasteiger partial charge in [0.25, 0.3) is 0 Å². The number of nitrogens with zero attached hydrogens (tertiary/aromatic N) is 4. The molecule has 0 N–H and O–H groups in total. The molecule has 2 aromatic rings. The van der Waals surface area contributed by atoms with Gasteiger partial charge in [-0.1, -0.05) is 51.1 Å². The zero-order chi connectivity index (χ0) is 17.0. The summed E-state index contributed by atoms with van der Waals surface area (Å²) in [5, 5.41) is 6.77. The zero-order valence-corrected chi connectivity index (χ0v) is 14.8. The first kappa shape index (κ1) is 16.5. The molecule has 1 aliphatic rings. The predicted octanol–water partition coefficient (Wildman–Crippen LogP) is 3.54. The maximum Gasteiger partial charge on any atom is 0.128 e. The molecule has 0 spiro atoms. The van der Waals surface area contributed by atoms with Crippen LogP contribution in [0, 0.1) is 0 Å². The highest BCUT2D eigenvalue weighted by molar-refractivity contribution is 5.79. The van der Waals surface area contributed by atoms with Crippen molar-refractivity contribution in [2.75, 3.05) is 31.1 Å². The van der Waals surface area contributed by atoms with Crippen LogP contribution in [0.15, 0.2) is 53.8 Å². The van der Waals surface area contributed by atoms with Crippen molar-refractivity contribution >= 4 is 12.0 Å². The van der Waals surface area contributed by atoms with E-state index in [1.54, 1.807) is 0 Å². The molecule has 1 saturated heterocycles. The molecule has 2 heterocycles. The van der Waals surface area contributed by atoms with Crippen LogP contribution < -0.4 is 4.90 Å². The second-order valence-corrected chi connectivity index (χ2v) is 7.25. The number of pyridine rings is 1. The van der Waals surface area contributed by atoms with Crippen LogP contribution in [-0.2, 0) is 5.41 Å². The topological polar surface area (TPSA) is 31.7 Å². The van der Waals surface area contributed by atoms with Crippen molar-refractivity contribution in [3.63, 3.8) is 0 Å². The lowest BCUT2D eigenvalue weighted by molar-refractivity contribution is 0.271. The van der Waals surface area contributed by atoms with Gasteiger partial charge in [-0.15, -0.1) is 0 Å². The van der Waals surface area contributed by atoms with Crippen molar-refractivity contribution < 1.29 is 0 Å². The summed E-state index contributed by atoms with van der Waals surface area (Å²) in [5.74, 6) is 1.05. The van der Waals surface area contributed by atoms with Crippen LogP contribution >= 0.6 is 0 Å². The number of benzene rings is 1. The van der Waals surface area contributed by atoms with Crippen LogP contribution in [0.4, 0.5) is 5.82 Å². The molecule has 4 heteroatoms. The van der Waals surface area contributed by atoms with Gasteiger partial charge in [0.2, 0.25) is 0 Å². The quantitative estimate of drug-likeness (QED) is 0.810. The van der Waals surface area contributed by atoms with Gasteiger partial charge < -0.3 is 4.90 Å². The van der Waals surface area contributed by atoms with Crippen LogP contribution in [0.5, 0.6) is 0 Å². The molecule has 0 amide bonds. The predicted molar refractivity (Wildman–Crippen MR) is 101 cm³/mol. The van der Waals surface area contributed by atoms with Gasteiger partial charge in [-0.3, -0.25) is 5.01 Å². The summed E-state index contributed by atoms with van der Waals surface area (Å²) in [7, 11) is 0. The standard InChI is InChI=1S/C20H26N4/c1-20(2,3)18-9-7-17(8-10-18)16-22-24-14-12-23(13-15-24)19-6-4-5-11-21-19/h4-11,16H,12-15H2,1-3H3/b22-16+. The largest absolute Gasteiger partial charge is 0.353 e. The minimum Gasteiger partial charge on any atom is -0.353 e. The highest BCUT2D eigenvalue weighted by atomic mass is 15.5. The number of rotatable bonds is 3. The van der Waals surface area contributed by atoms with Crippen LogP contribution in [0.1, 0.15) is 31.9 Å². The van der Waals surface area contributed by atoms with Gasteiger partial charge in [-0.05, 0) is 28.7 Å². The first-order valence-corrected chi connectivity index (χ1v) is 8.58. The Bertz CT molecular complexity index is 663. The fourth-order valence-corrected chi connectivity index (χ4v) is 2.80. The maximum atomic E-state index is 4.63. The fraction of sp³-hybridized carbons (Fsp3) is 0.400. The van der Waals surface area contributed by atoms with Crippen LogP contribution in [-0.4, -0.2) is 42.4 Å². The number of aromatic nitrogens is 1. The Morgan fingerprint density at radius 2 is 1.67 bits per heavy atom. The molecule has 0 bridgehead atoms. The Balaban J connectivity index is 1.55. The highest BCUT2D eigenvalue weighted by Crippen LogP contribution is 2.21. The zero-order valence-electron chi connectivity index (χ0n) is 14.8. The van der Waals surface area contributed by atoms with Crippen molar-refractivity contribution in [1.29, 1.82) is 0 Å². The SMILES string of the molecule is CC(C)(C)c1ccc(/C=N/N2CCN(c3ccccn3)CC2)cc1. The molecule has 0 atom stereocenters. The summed E-state index contributed by atoms with van der Waals surface area (Å²) in [5.41, 5.74) is 2.69. The minimum atomic E-state index is 0.192. The third-order valence-corrected chi connectivity index (χ3v) is 4.38. The Hall–Kier alpha value is -2.36. The van der Waals surface area contributed by atoms with E-state index in [9.17, 15) is 0 Å². The molecule has 4 nitrogen and oxygen atoms in total. The smallest absolute Gasteiger partial charge is 0.128 e. The minimum absolute atomic E-state index is 0.192. The average Bonchev–Trinajstić information content (AvgIpc) is 2.61. The maximum absolute atomic E-state index is 4.63. The van der Waals surface area contributed by atoms with Crippen LogP contribution in [0.3, 0.4) is 0 Å². The Morgan fingerprint density at radius 1 is 0.958 bits per heavy atom. The van der Waals surface area contributed by atoms with Gasteiger partial charge in [0.1, 0.15) is 5.82 Å². The first-order chi connectivity index (χ1) is 11.5. The summed E-state index contributed by atoms with van der Waals surface area (Å²) < 4.78 is 0. The Kier molecular flexibility index (Phi) is 4.84. The van der Waals surface area contributed by atoms with Crippen molar-refractivity contribution in [3.8, 4) is 0 Å². The molecule has 1 aromatic heterocycles. The van der Waals surface area contributed by atoms with Gasteiger partial charge in [-0.25, -0.2) is 4.98 Å². The van der Waals surface area contributed by atoms with E-state index in [1.165, 1.54) is 5.56 Å². The summed E-state index contributed by atoms with van der Waals surface area (Å²) >= 11 is 0. The average molecular weight is 322 g/mol. The molecule has 0 aliphatic carbocycles. The van der Waals surface area contributed by atoms with E-state index in [0.29, 0.717) is 0 Å². The molecule has 126 valence electrons. The Labute approximate surface area is 144 Å². The van der Waals surface area contributed by atoms with Crippen molar-refractivity contribution in [2.45, 2.75) is 26.2 Å². The lowest BCUT2D eigenvalue weighted by Gasteiger charge is -2.33. The molecule has 1 aliphatic heterocycles. The van der Waals surface area contributed by atoms with E-state index in [4.69, 9.17) is 0 Å². The molecule has 1 fully saturated rings. The fourth-order valence-electron chi connectivity index (χ4n) is 2.80. The van der Waals surface area contributed by atoms with Crippen molar-refractivity contribution in [2.24, 2.45) is 5.10 Å². The molecule has 0 radical (unpaired) electrons. The lowest BCUT2D eigenvalue weighted by atomic mass is 9.87. The van der Waals surface area contributed by atoms with E-state index >= 15 is 0 Å². The van der Waals surface area contributed by atoms with E-state index in [2.05, 4.69) is 71.1 Å². The van der Waals surface area contributed by atoms with Gasteiger partial charge >= 0.3 is 0 Å². The monoisotopic (exact) mass is 322 g/mol. The van der Waals surface area contributed by atoms with Crippen molar-refractivity contribution in [1.82, 2.24) is 9.99 Å². The molecule has 1 aromatic carbocycles. The van der Waals surface area contributed by atoms with E-state index in [1.807, 2.05) is 24.5 Å². The molecule has 24 heavy (non-hydrogen) atoms. The van der Waals surface area contributed by atoms with Gasteiger partial charge in [0, 0.05) is 19.3 Å². The molecule has 0 saturated carbocycles. The molecule has 0 unspecified atom stereocenters. The number of anilines is 1.